The molecule has 1 heterocycles. The van der Waals surface area contributed by atoms with Crippen LogP contribution < -0.4 is 0 Å². The number of amides is 2. The predicted octanol–water partition coefficient (Wildman–Crippen LogP) is 3.43. The van der Waals surface area contributed by atoms with Crippen LogP contribution in [0, 0.1) is 6.92 Å². The van der Waals surface area contributed by atoms with E-state index >= 15 is 0 Å². The maximum absolute atomic E-state index is 12.5. The Morgan fingerprint density at radius 1 is 0.929 bits per heavy atom. The van der Waals surface area contributed by atoms with Gasteiger partial charge in [-0.05, 0) is 31.5 Å². The molecule has 28 heavy (non-hydrogen) atoms. The van der Waals surface area contributed by atoms with Crippen molar-refractivity contribution in [2.24, 2.45) is 0 Å². The van der Waals surface area contributed by atoms with Crippen molar-refractivity contribution in [2.75, 3.05) is 13.2 Å². The van der Waals surface area contributed by atoms with Gasteiger partial charge >= 0.3 is 5.97 Å². The SMILES string of the molecule is CCCCN1C(=O)c2ccc(C(=O)OCC(=O)c3ccc(C)cc3)cc2C1=O. The van der Waals surface area contributed by atoms with E-state index < -0.39 is 18.5 Å². The van der Waals surface area contributed by atoms with Crippen molar-refractivity contribution >= 4 is 23.6 Å². The van der Waals surface area contributed by atoms with Gasteiger partial charge in [-0.15, -0.1) is 0 Å². The lowest BCUT2D eigenvalue weighted by atomic mass is 10.1. The standard InChI is InChI=1S/C22H21NO5/c1-3-4-11-23-20(25)17-10-9-16(12-18(17)21(23)26)22(27)28-13-19(24)15-7-5-14(2)6-8-15/h5-10,12H,3-4,11,13H2,1-2H3. The number of carbonyl (C=O) groups excluding carboxylic acids is 4. The van der Waals surface area contributed by atoms with Crippen molar-refractivity contribution in [3.05, 3.63) is 70.3 Å². The smallest absolute Gasteiger partial charge is 0.338 e. The number of rotatable bonds is 7. The third kappa shape index (κ3) is 3.86. The van der Waals surface area contributed by atoms with Gasteiger partial charge in [0.05, 0.1) is 16.7 Å². The van der Waals surface area contributed by atoms with Gasteiger partial charge in [-0.2, -0.15) is 0 Å². The molecule has 1 aliphatic heterocycles. The topological polar surface area (TPSA) is 80.8 Å². The Morgan fingerprint density at radius 2 is 1.57 bits per heavy atom. The number of unbranched alkanes of at least 4 members (excludes halogenated alkanes) is 1. The monoisotopic (exact) mass is 379 g/mol. The van der Waals surface area contributed by atoms with E-state index in [9.17, 15) is 19.2 Å². The second kappa shape index (κ2) is 8.17. The highest BCUT2D eigenvalue weighted by molar-refractivity contribution is 6.22. The number of esters is 1. The Balaban J connectivity index is 1.68. The molecule has 1 aliphatic rings. The lowest BCUT2D eigenvalue weighted by Crippen LogP contribution is -2.30. The predicted molar refractivity (Wildman–Crippen MR) is 103 cm³/mol. The van der Waals surface area contributed by atoms with Crippen LogP contribution in [0.3, 0.4) is 0 Å². The summed E-state index contributed by atoms with van der Waals surface area (Å²) in [4.78, 5) is 50.4. The fourth-order valence-corrected chi connectivity index (χ4v) is 2.97. The molecule has 0 atom stereocenters. The minimum absolute atomic E-state index is 0.133. The number of fused-ring (bicyclic) bond motifs is 1. The van der Waals surface area contributed by atoms with Crippen molar-refractivity contribution in [1.82, 2.24) is 4.90 Å². The highest BCUT2D eigenvalue weighted by atomic mass is 16.5. The van der Waals surface area contributed by atoms with Gasteiger partial charge in [0, 0.05) is 12.1 Å². The third-order valence-electron chi connectivity index (χ3n) is 4.65. The Labute approximate surface area is 163 Å². The van der Waals surface area contributed by atoms with Crippen LogP contribution in [0.1, 0.15) is 66.8 Å². The molecule has 2 aromatic carbocycles. The van der Waals surface area contributed by atoms with Crippen molar-refractivity contribution in [3.8, 4) is 0 Å². The molecule has 0 spiro atoms. The van der Waals surface area contributed by atoms with E-state index in [0.717, 1.165) is 18.4 Å². The van der Waals surface area contributed by atoms with Crippen LogP contribution in [-0.2, 0) is 4.74 Å². The van der Waals surface area contributed by atoms with E-state index in [1.807, 2.05) is 26.0 Å². The van der Waals surface area contributed by atoms with E-state index in [1.165, 1.54) is 23.1 Å². The van der Waals surface area contributed by atoms with Gasteiger partial charge in [0.15, 0.2) is 12.4 Å². The van der Waals surface area contributed by atoms with Gasteiger partial charge < -0.3 is 4.74 Å². The highest BCUT2D eigenvalue weighted by Gasteiger charge is 2.35. The summed E-state index contributed by atoms with van der Waals surface area (Å²) in [5, 5.41) is 0. The summed E-state index contributed by atoms with van der Waals surface area (Å²) in [5.74, 6) is -1.77. The fraction of sp³-hybridized carbons (Fsp3) is 0.273. The van der Waals surface area contributed by atoms with Crippen LogP contribution in [0.25, 0.3) is 0 Å². The van der Waals surface area contributed by atoms with Crippen LogP contribution in [-0.4, -0.2) is 41.6 Å². The molecule has 0 bridgehead atoms. The highest BCUT2D eigenvalue weighted by Crippen LogP contribution is 2.24. The Morgan fingerprint density at radius 3 is 2.25 bits per heavy atom. The first-order valence-corrected chi connectivity index (χ1v) is 9.19. The lowest BCUT2D eigenvalue weighted by molar-refractivity contribution is 0.0474. The minimum atomic E-state index is -0.712. The molecule has 144 valence electrons. The quantitative estimate of drug-likeness (QED) is 0.418. The van der Waals surface area contributed by atoms with Crippen LogP contribution in [0.5, 0.6) is 0 Å². The van der Waals surface area contributed by atoms with Gasteiger partial charge in [0.2, 0.25) is 0 Å². The molecule has 0 aromatic heterocycles. The van der Waals surface area contributed by atoms with Crippen LogP contribution in [0.2, 0.25) is 0 Å². The molecular formula is C22H21NO5. The van der Waals surface area contributed by atoms with Gasteiger partial charge in [-0.3, -0.25) is 19.3 Å². The zero-order valence-electron chi connectivity index (χ0n) is 15.9. The first-order valence-electron chi connectivity index (χ1n) is 9.19. The lowest BCUT2D eigenvalue weighted by Gasteiger charge is -2.12. The number of Topliss-reactive ketones (excluding diaryl/α,β-unsaturated/α-hetero) is 1. The zero-order valence-corrected chi connectivity index (χ0v) is 15.9. The normalized spacial score (nSPS) is 12.9. The minimum Gasteiger partial charge on any atom is -0.454 e. The summed E-state index contributed by atoms with van der Waals surface area (Å²) in [6, 6.07) is 11.2. The van der Waals surface area contributed by atoms with E-state index in [4.69, 9.17) is 4.74 Å². The average Bonchev–Trinajstić information content (AvgIpc) is 2.94. The molecular weight excluding hydrogens is 358 g/mol. The second-order valence-corrected chi connectivity index (χ2v) is 6.74. The summed E-state index contributed by atoms with van der Waals surface area (Å²) in [7, 11) is 0. The van der Waals surface area contributed by atoms with Crippen molar-refractivity contribution in [1.29, 1.82) is 0 Å². The van der Waals surface area contributed by atoms with Gasteiger partial charge in [-0.1, -0.05) is 43.2 Å². The molecule has 2 aromatic rings. The Hall–Kier alpha value is -3.28. The van der Waals surface area contributed by atoms with Crippen molar-refractivity contribution in [2.45, 2.75) is 26.7 Å². The number of imide groups is 1. The molecule has 6 nitrogen and oxygen atoms in total. The first kappa shape index (κ1) is 19.5. The number of aryl methyl sites for hydroxylation is 1. The van der Waals surface area contributed by atoms with E-state index in [-0.39, 0.29) is 28.4 Å². The molecule has 0 saturated carbocycles. The number of hydrogen-bond acceptors (Lipinski definition) is 5. The van der Waals surface area contributed by atoms with E-state index in [2.05, 4.69) is 0 Å². The molecule has 2 amide bonds. The van der Waals surface area contributed by atoms with Crippen molar-refractivity contribution in [3.63, 3.8) is 0 Å². The van der Waals surface area contributed by atoms with Gasteiger partial charge in [0.1, 0.15) is 0 Å². The molecule has 0 fully saturated rings. The zero-order chi connectivity index (χ0) is 20.3. The average molecular weight is 379 g/mol. The number of benzene rings is 2. The van der Waals surface area contributed by atoms with E-state index in [1.54, 1.807) is 12.1 Å². The summed E-state index contributed by atoms with van der Waals surface area (Å²) in [6.45, 7) is 3.85. The number of ketones is 1. The Bertz CT molecular complexity index is 946. The van der Waals surface area contributed by atoms with Crippen LogP contribution in [0.15, 0.2) is 42.5 Å². The largest absolute Gasteiger partial charge is 0.454 e. The fourth-order valence-electron chi connectivity index (χ4n) is 2.97. The summed E-state index contributed by atoms with van der Waals surface area (Å²) in [5.41, 5.74) is 2.10. The molecule has 3 rings (SSSR count). The van der Waals surface area contributed by atoms with Gasteiger partial charge in [-0.25, -0.2) is 4.79 Å². The Kier molecular flexibility index (Phi) is 5.68. The van der Waals surface area contributed by atoms with Crippen LogP contribution in [0.4, 0.5) is 0 Å². The first-order chi connectivity index (χ1) is 13.4. The molecule has 0 aliphatic carbocycles. The molecule has 0 unspecified atom stereocenters. The molecule has 6 heteroatoms. The number of carbonyl (C=O) groups is 4. The maximum atomic E-state index is 12.5. The van der Waals surface area contributed by atoms with Crippen molar-refractivity contribution < 1.29 is 23.9 Å². The third-order valence-corrected chi connectivity index (χ3v) is 4.65. The number of hydrogen-bond donors (Lipinski definition) is 0. The summed E-state index contributed by atoms with van der Waals surface area (Å²) in [6.07, 6.45) is 1.58. The maximum Gasteiger partial charge on any atom is 0.338 e. The van der Waals surface area contributed by atoms with E-state index in [0.29, 0.717) is 12.1 Å². The molecule has 0 N–H and O–H groups in total. The molecule has 0 saturated heterocycles. The summed E-state index contributed by atoms with van der Waals surface area (Å²) < 4.78 is 5.09. The number of ether oxygens (including phenoxy) is 1. The number of nitrogens with zero attached hydrogens (tertiary/aromatic N) is 1. The summed E-state index contributed by atoms with van der Waals surface area (Å²) >= 11 is 0. The van der Waals surface area contributed by atoms with Crippen LogP contribution >= 0.6 is 0 Å². The molecule has 0 radical (unpaired) electrons. The second-order valence-electron chi connectivity index (χ2n) is 6.74. The van der Waals surface area contributed by atoms with Gasteiger partial charge in [0.25, 0.3) is 11.8 Å².